The fraction of sp³-hybridized carbons (Fsp3) is 0.394. The molecule has 2 amide bonds. The molecule has 3 aromatic carbocycles. The van der Waals surface area contributed by atoms with Crippen LogP contribution < -0.4 is 14.4 Å². The first-order chi connectivity index (χ1) is 20.6. The number of halogens is 1. The Balaban J connectivity index is 1.67. The number of benzene rings is 3. The topological polar surface area (TPSA) is 96.0 Å². The van der Waals surface area contributed by atoms with E-state index < -0.39 is 28.5 Å². The molecule has 4 rings (SSSR count). The van der Waals surface area contributed by atoms with Crippen LogP contribution in [-0.4, -0.2) is 50.4 Å². The molecule has 10 heteroatoms. The molecule has 1 saturated carbocycles. The highest BCUT2D eigenvalue weighted by atomic mass is 79.9. The van der Waals surface area contributed by atoms with Gasteiger partial charge in [-0.2, -0.15) is 0 Å². The third kappa shape index (κ3) is 8.60. The lowest BCUT2D eigenvalue weighted by Gasteiger charge is -2.33. The molecule has 1 fully saturated rings. The number of carbonyl (C=O) groups excluding carboxylic acids is 2. The lowest BCUT2D eigenvalue weighted by molar-refractivity contribution is -0.139. The molecular weight excluding hydrogens is 630 g/mol. The number of nitrogens with zero attached hydrogens (tertiary/aromatic N) is 2. The molecule has 0 aliphatic heterocycles. The van der Waals surface area contributed by atoms with Crippen molar-refractivity contribution in [2.24, 2.45) is 0 Å². The van der Waals surface area contributed by atoms with Gasteiger partial charge in [0.1, 0.15) is 18.3 Å². The predicted octanol–water partition coefficient (Wildman–Crippen LogP) is 6.22. The van der Waals surface area contributed by atoms with Crippen molar-refractivity contribution >= 4 is 43.5 Å². The number of hydrogen-bond acceptors (Lipinski definition) is 5. The quantitative estimate of drug-likeness (QED) is 0.247. The van der Waals surface area contributed by atoms with Crippen molar-refractivity contribution in [1.82, 2.24) is 10.2 Å². The Hall–Kier alpha value is -3.37. The Morgan fingerprint density at radius 1 is 0.953 bits per heavy atom. The van der Waals surface area contributed by atoms with Crippen LogP contribution in [0.3, 0.4) is 0 Å². The van der Waals surface area contributed by atoms with Crippen LogP contribution in [0.1, 0.15) is 57.1 Å². The molecule has 0 spiro atoms. The average molecular weight is 671 g/mol. The normalized spacial score (nSPS) is 14.5. The van der Waals surface area contributed by atoms with Gasteiger partial charge >= 0.3 is 0 Å². The molecule has 1 aliphatic carbocycles. The van der Waals surface area contributed by atoms with E-state index in [1.807, 2.05) is 38.1 Å². The Kier molecular flexibility index (Phi) is 11.3. The summed E-state index contributed by atoms with van der Waals surface area (Å²) in [5, 5.41) is 3.13. The summed E-state index contributed by atoms with van der Waals surface area (Å²) >= 11 is 3.36. The number of aryl methyl sites for hydroxylation is 1. The van der Waals surface area contributed by atoms with Crippen LogP contribution in [-0.2, 0) is 26.2 Å². The van der Waals surface area contributed by atoms with Crippen LogP contribution in [0.2, 0.25) is 0 Å². The van der Waals surface area contributed by atoms with Crippen molar-refractivity contribution < 1.29 is 22.7 Å². The van der Waals surface area contributed by atoms with Crippen molar-refractivity contribution in [3.05, 3.63) is 88.4 Å². The van der Waals surface area contributed by atoms with E-state index in [1.165, 1.54) is 17.0 Å². The summed E-state index contributed by atoms with van der Waals surface area (Å²) in [7, 11) is -4.15. The molecule has 0 heterocycles. The highest BCUT2D eigenvalue weighted by Crippen LogP contribution is 2.28. The maximum absolute atomic E-state index is 14.1. The van der Waals surface area contributed by atoms with Gasteiger partial charge in [-0.25, -0.2) is 8.42 Å². The predicted molar refractivity (Wildman–Crippen MR) is 172 cm³/mol. The van der Waals surface area contributed by atoms with E-state index in [2.05, 4.69) is 21.2 Å². The zero-order chi connectivity index (χ0) is 31.0. The van der Waals surface area contributed by atoms with Crippen LogP contribution >= 0.6 is 15.9 Å². The second-order valence-corrected chi connectivity index (χ2v) is 13.7. The zero-order valence-electron chi connectivity index (χ0n) is 25.0. The molecule has 230 valence electrons. The van der Waals surface area contributed by atoms with Gasteiger partial charge in [0.25, 0.3) is 10.0 Å². The Morgan fingerprint density at radius 2 is 1.58 bits per heavy atom. The van der Waals surface area contributed by atoms with E-state index in [-0.39, 0.29) is 23.4 Å². The van der Waals surface area contributed by atoms with Crippen molar-refractivity contribution in [2.75, 3.05) is 17.5 Å². The number of amides is 2. The summed E-state index contributed by atoms with van der Waals surface area (Å²) in [6.07, 6.45) is 5.13. The molecule has 1 atom stereocenters. The van der Waals surface area contributed by atoms with Crippen LogP contribution in [0.5, 0.6) is 5.75 Å². The summed E-state index contributed by atoms with van der Waals surface area (Å²) in [6.45, 7) is 5.69. The van der Waals surface area contributed by atoms with Crippen LogP contribution in [0.25, 0.3) is 0 Å². The van der Waals surface area contributed by atoms with Gasteiger partial charge in [-0.15, -0.1) is 0 Å². The lowest BCUT2D eigenvalue weighted by atomic mass is 9.95. The number of ether oxygens (including phenoxy) is 1. The molecule has 0 unspecified atom stereocenters. The molecule has 1 N–H and O–H groups in total. The van der Waals surface area contributed by atoms with Gasteiger partial charge in [0.2, 0.25) is 11.8 Å². The van der Waals surface area contributed by atoms with E-state index >= 15 is 0 Å². The van der Waals surface area contributed by atoms with Crippen molar-refractivity contribution in [3.8, 4) is 5.75 Å². The first-order valence-electron chi connectivity index (χ1n) is 14.7. The minimum Gasteiger partial charge on any atom is -0.494 e. The fourth-order valence-electron chi connectivity index (χ4n) is 5.18. The number of sulfonamides is 1. The monoisotopic (exact) mass is 669 g/mol. The van der Waals surface area contributed by atoms with E-state index in [4.69, 9.17) is 4.74 Å². The summed E-state index contributed by atoms with van der Waals surface area (Å²) in [6, 6.07) is 19.9. The summed E-state index contributed by atoms with van der Waals surface area (Å²) < 4.78 is 35.4. The van der Waals surface area contributed by atoms with Crippen molar-refractivity contribution in [3.63, 3.8) is 0 Å². The number of hydrogen-bond donors (Lipinski definition) is 1. The summed E-state index contributed by atoms with van der Waals surface area (Å²) in [5.74, 6) is -0.134. The van der Waals surface area contributed by atoms with Gasteiger partial charge < -0.3 is 15.0 Å². The first kappa shape index (κ1) is 32.5. The van der Waals surface area contributed by atoms with Gasteiger partial charge in [-0.05, 0) is 87.7 Å². The summed E-state index contributed by atoms with van der Waals surface area (Å²) in [5.41, 5.74) is 2.24. The second-order valence-electron chi connectivity index (χ2n) is 10.9. The van der Waals surface area contributed by atoms with Crippen LogP contribution in [0.4, 0.5) is 5.69 Å². The van der Waals surface area contributed by atoms with Crippen LogP contribution in [0, 0.1) is 6.92 Å². The van der Waals surface area contributed by atoms with Crippen molar-refractivity contribution in [1.29, 1.82) is 0 Å². The van der Waals surface area contributed by atoms with Gasteiger partial charge in [0.15, 0.2) is 0 Å². The van der Waals surface area contributed by atoms with E-state index in [1.54, 1.807) is 43.3 Å². The third-order valence-electron chi connectivity index (χ3n) is 7.71. The minimum absolute atomic E-state index is 0.0468. The number of carbonyl (C=O) groups is 2. The molecule has 1 aliphatic rings. The minimum atomic E-state index is -4.15. The Morgan fingerprint density at radius 3 is 2.19 bits per heavy atom. The number of rotatable bonds is 12. The molecule has 0 saturated heterocycles. The Bertz CT molecular complexity index is 1470. The highest BCUT2D eigenvalue weighted by molar-refractivity contribution is 9.10. The van der Waals surface area contributed by atoms with Gasteiger partial charge in [-0.3, -0.25) is 13.9 Å². The van der Waals surface area contributed by atoms with Gasteiger partial charge in [0, 0.05) is 17.1 Å². The molecule has 8 nitrogen and oxygen atoms in total. The third-order valence-corrected chi connectivity index (χ3v) is 10.0. The van der Waals surface area contributed by atoms with Gasteiger partial charge in [-0.1, -0.05) is 65.0 Å². The molecule has 3 aromatic rings. The summed E-state index contributed by atoms with van der Waals surface area (Å²) in [4.78, 5) is 29.1. The zero-order valence-corrected chi connectivity index (χ0v) is 27.4. The van der Waals surface area contributed by atoms with E-state index in [0.29, 0.717) is 18.0 Å². The van der Waals surface area contributed by atoms with Crippen molar-refractivity contribution in [2.45, 2.75) is 76.4 Å². The second kappa shape index (κ2) is 14.9. The Labute approximate surface area is 263 Å². The van der Waals surface area contributed by atoms with Crippen LogP contribution in [0.15, 0.2) is 82.2 Å². The molecule has 0 radical (unpaired) electrons. The SMILES string of the molecule is CCOc1ccc(N(CC(=O)N(Cc2ccc(C)cc2)[C@H](C)C(=O)NC2CCCCC2)S(=O)(=O)c2ccc(Br)cc2)cc1. The highest BCUT2D eigenvalue weighted by Gasteiger charge is 2.33. The van der Waals surface area contributed by atoms with Gasteiger partial charge in [0.05, 0.1) is 17.2 Å². The number of nitrogens with one attached hydrogen (secondary N) is 1. The number of anilines is 1. The average Bonchev–Trinajstić information content (AvgIpc) is 3.00. The molecular formula is C33H40BrN3O5S. The standard InChI is InChI=1S/C33H40BrN3O5S/c1-4-42-30-18-16-29(17-19-30)37(43(40,41)31-20-14-27(34)15-21-31)23-32(38)36(22-26-12-10-24(2)11-13-26)25(3)33(39)35-28-8-6-5-7-9-28/h10-21,25,28H,4-9,22-23H2,1-3H3,(H,35,39)/t25-/m1/s1. The first-order valence-corrected chi connectivity index (χ1v) is 17.0. The maximum atomic E-state index is 14.1. The molecule has 43 heavy (non-hydrogen) atoms. The molecule has 0 bridgehead atoms. The maximum Gasteiger partial charge on any atom is 0.264 e. The fourth-order valence-corrected chi connectivity index (χ4v) is 6.86. The molecule has 0 aromatic heterocycles. The smallest absolute Gasteiger partial charge is 0.264 e. The lowest BCUT2D eigenvalue weighted by Crippen LogP contribution is -2.53. The largest absolute Gasteiger partial charge is 0.494 e. The van der Waals surface area contributed by atoms with E-state index in [0.717, 1.165) is 52.0 Å². The van der Waals surface area contributed by atoms with E-state index in [9.17, 15) is 18.0 Å².